The van der Waals surface area contributed by atoms with E-state index in [1.807, 2.05) is 24.3 Å². The summed E-state index contributed by atoms with van der Waals surface area (Å²) in [5.41, 5.74) is 3.14. The zero-order valence-electron chi connectivity index (χ0n) is 13.0. The first-order chi connectivity index (χ1) is 10.3. The average molecular weight is 285 g/mol. The van der Waals surface area contributed by atoms with E-state index in [2.05, 4.69) is 29.1 Å². The number of para-hydroxylation sites is 1. The highest BCUT2D eigenvalue weighted by molar-refractivity contribution is 5.73. The highest BCUT2D eigenvalue weighted by atomic mass is 16.5. The first kappa shape index (κ1) is 15.3. The predicted molar refractivity (Wildman–Crippen MR) is 86.8 cm³/mol. The number of anilines is 1. The molecule has 0 spiro atoms. The summed E-state index contributed by atoms with van der Waals surface area (Å²) in [5.74, 6) is 1.78. The molecule has 0 aliphatic heterocycles. The Morgan fingerprint density at radius 3 is 2.62 bits per heavy atom. The van der Waals surface area contributed by atoms with Crippen LogP contribution >= 0.6 is 0 Å². The van der Waals surface area contributed by atoms with Crippen LogP contribution in [0.4, 0.5) is 5.82 Å². The molecule has 0 unspecified atom stereocenters. The molecule has 1 N–H and O–H groups in total. The number of hydrogen-bond acceptors (Lipinski definition) is 4. The molecule has 1 aromatic heterocycles. The molecule has 0 bridgehead atoms. The Balaban J connectivity index is 2.51. The summed E-state index contributed by atoms with van der Waals surface area (Å²) in [6.07, 6.45) is 4.69. The van der Waals surface area contributed by atoms with Crippen LogP contribution in [0, 0.1) is 0 Å². The highest BCUT2D eigenvalue weighted by Gasteiger charge is 2.15. The molecule has 4 nitrogen and oxygen atoms in total. The second kappa shape index (κ2) is 7.62. The Bertz CT molecular complexity index is 584. The van der Waals surface area contributed by atoms with Crippen molar-refractivity contribution in [3.8, 4) is 17.0 Å². The number of nitrogens with zero attached hydrogens (tertiary/aromatic N) is 2. The quantitative estimate of drug-likeness (QED) is 0.837. The topological polar surface area (TPSA) is 47.0 Å². The Morgan fingerprint density at radius 1 is 1.10 bits per heavy atom. The van der Waals surface area contributed by atoms with Gasteiger partial charge in [0.25, 0.3) is 0 Å². The lowest BCUT2D eigenvalue weighted by Crippen LogP contribution is -2.08. The smallest absolute Gasteiger partial charge is 0.133 e. The number of methoxy groups -OCH3 is 1. The summed E-state index contributed by atoms with van der Waals surface area (Å²) in [5, 5.41) is 3.40. The van der Waals surface area contributed by atoms with Crippen LogP contribution in [0.1, 0.15) is 32.3 Å². The van der Waals surface area contributed by atoms with Crippen molar-refractivity contribution >= 4 is 5.82 Å². The number of hydrogen-bond donors (Lipinski definition) is 1. The third-order valence-electron chi connectivity index (χ3n) is 3.35. The average Bonchev–Trinajstić information content (AvgIpc) is 2.54. The molecular weight excluding hydrogens is 262 g/mol. The van der Waals surface area contributed by atoms with Gasteiger partial charge in [0.2, 0.25) is 0 Å². The van der Waals surface area contributed by atoms with Gasteiger partial charge in [-0.05, 0) is 25.0 Å². The minimum atomic E-state index is 0.843. The standard InChI is InChI=1S/C17H23N3O/c1-4-8-14-16(13-9-6-7-10-15(13)21-3)19-12-20-17(14)18-11-5-2/h6-7,9-10,12H,4-5,8,11H2,1-3H3,(H,18,19,20). The van der Waals surface area contributed by atoms with Gasteiger partial charge in [-0.1, -0.05) is 32.4 Å². The zero-order valence-corrected chi connectivity index (χ0v) is 13.0. The van der Waals surface area contributed by atoms with Crippen LogP contribution in [-0.4, -0.2) is 23.6 Å². The van der Waals surface area contributed by atoms with Gasteiger partial charge >= 0.3 is 0 Å². The Morgan fingerprint density at radius 2 is 1.90 bits per heavy atom. The van der Waals surface area contributed by atoms with E-state index < -0.39 is 0 Å². The van der Waals surface area contributed by atoms with Crippen molar-refractivity contribution in [1.29, 1.82) is 0 Å². The Kier molecular flexibility index (Phi) is 5.55. The number of benzene rings is 1. The first-order valence-corrected chi connectivity index (χ1v) is 7.52. The Hall–Kier alpha value is -2.10. The van der Waals surface area contributed by atoms with Crippen LogP contribution in [0.3, 0.4) is 0 Å². The first-order valence-electron chi connectivity index (χ1n) is 7.52. The lowest BCUT2D eigenvalue weighted by Gasteiger charge is -2.15. The van der Waals surface area contributed by atoms with Gasteiger partial charge < -0.3 is 10.1 Å². The third kappa shape index (κ3) is 3.51. The van der Waals surface area contributed by atoms with Gasteiger partial charge in [0.15, 0.2) is 0 Å². The molecule has 21 heavy (non-hydrogen) atoms. The summed E-state index contributed by atoms with van der Waals surface area (Å²) in [7, 11) is 1.69. The van der Waals surface area contributed by atoms with Crippen LogP contribution in [-0.2, 0) is 6.42 Å². The third-order valence-corrected chi connectivity index (χ3v) is 3.35. The summed E-state index contributed by atoms with van der Waals surface area (Å²) in [6.45, 7) is 5.23. The molecule has 0 aliphatic carbocycles. The van der Waals surface area contributed by atoms with Crippen molar-refractivity contribution in [2.45, 2.75) is 33.1 Å². The monoisotopic (exact) mass is 285 g/mol. The molecular formula is C17H23N3O. The van der Waals surface area contributed by atoms with E-state index in [0.717, 1.165) is 54.2 Å². The normalized spacial score (nSPS) is 10.4. The maximum absolute atomic E-state index is 5.47. The number of rotatable bonds is 7. The van der Waals surface area contributed by atoms with E-state index in [-0.39, 0.29) is 0 Å². The van der Waals surface area contributed by atoms with E-state index in [0.29, 0.717) is 0 Å². The second-order valence-corrected chi connectivity index (χ2v) is 4.93. The van der Waals surface area contributed by atoms with E-state index in [1.54, 1.807) is 13.4 Å². The molecule has 0 amide bonds. The molecule has 0 radical (unpaired) electrons. The van der Waals surface area contributed by atoms with Gasteiger partial charge in [0.1, 0.15) is 17.9 Å². The minimum Gasteiger partial charge on any atom is -0.496 e. The number of aromatic nitrogens is 2. The molecule has 0 fully saturated rings. The predicted octanol–water partition coefficient (Wildman–Crippen LogP) is 3.93. The van der Waals surface area contributed by atoms with Crippen molar-refractivity contribution in [2.75, 3.05) is 19.0 Å². The van der Waals surface area contributed by atoms with Gasteiger partial charge in [0, 0.05) is 17.7 Å². The van der Waals surface area contributed by atoms with Crippen molar-refractivity contribution in [3.63, 3.8) is 0 Å². The maximum Gasteiger partial charge on any atom is 0.133 e. The van der Waals surface area contributed by atoms with Gasteiger partial charge in [-0.15, -0.1) is 0 Å². The van der Waals surface area contributed by atoms with Crippen LogP contribution in [0.15, 0.2) is 30.6 Å². The van der Waals surface area contributed by atoms with E-state index in [4.69, 9.17) is 4.74 Å². The van der Waals surface area contributed by atoms with Gasteiger partial charge in [-0.3, -0.25) is 0 Å². The van der Waals surface area contributed by atoms with Crippen molar-refractivity contribution in [2.24, 2.45) is 0 Å². The van der Waals surface area contributed by atoms with Crippen LogP contribution in [0.25, 0.3) is 11.3 Å². The van der Waals surface area contributed by atoms with Crippen LogP contribution in [0.2, 0.25) is 0 Å². The fourth-order valence-corrected chi connectivity index (χ4v) is 2.37. The van der Waals surface area contributed by atoms with Crippen molar-refractivity contribution < 1.29 is 4.74 Å². The molecule has 112 valence electrons. The molecule has 1 heterocycles. The van der Waals surface area contributed by atoms with Gasteiger partial charge in [-0.2, -0.15) is 0 Å². The minimum absolute atomic E-state index is 0.843. The van der Waals surface area contributed by atoms with Gasteiger partial charge in [0.05, 0.1) is 12.8 Å². The Labute approximate surface area is 126 Å². The molecule has 0 saturated carbocycles. The second-order valence-electron chi connectivity index (χ2n) is 4.93. The van der Waals surface area contributed by atoms with E-state index in [1.165, 1.54) is 0 Å². The highest BCUT2D eigenvalue weighted by Crippen LogP contribution is 2.33. The number of nitrogens with one attached hydrogen (secondary N) is 1. The summed E-state index contributed by atoms with van der Waals surface area (Å²) < 4.78 is 5.47. The van der Waals surface area contributed by atoms with E-state index in [9.17, 15) is 0 Å². The number of ether oxygens (including phenoxy) is 1. The molecule has 0 aliphatic rings. The van der Waals surface area contributed by atoms with Gasteiger partial charge in [-0.25, -0.2) is 9.97 Å². The summed E-state index contributed by atoms with van der Waals surface area (Å²) >= 11 is 0. The maximum atomic E-state index is 5.47. The molecule has 2 rings (SSSR count). The SMILES string of the molecule is CCCNc1ncnc(-c2ccccc2OC)c1CCC. The summed E-state index contributed by atoms with van der Waals surface area (Å²) in [4.78, 5) is 8.93. The van der Waals surface area contributed by atoms with Crippen LogP contribution in [0.5, 0.6) is 5.75 Å². The van der Waals surface area contributed by atoms with Crippen LogP contribution < -0.4 is 10.1 Å². The molecule has 0 saturated heterocycles. The summed E-state index contributed by atoms with van der Waals surface area (Å²) in [6, 6.07) is 7.99. The molecule has 2 aromatic rings. The zero-order chi connectivity index (χ0) is 15.1. The van der Waals surface area contributed by atoms with Crippen molar-refractivity contribution in [3.05, 3.63) is 36.2 Å². The lowest BCUT2D eigenvalue weighted by atomic mass is 10.0. The molecule has 1 aromatic carbocycles. The fraction of sp³-hybridized carbons (Fsp3) is 0.412. The van der Waals surface area contributed by atoms with E-state index >= 15 is 0 Å². The molecule has 0 atom stereocenters. The largest absolute Gasteiger partial charge is 0.496 e. The fourth-order valence-electron chi connectivity index (χ4n) is 2.37. The van der Waals surface area contributed by atoms with Crippen molar-refractivity contribution in [1.82, 2.24) is 9.97 Å². The lowest BCUT2D eigenvalue weighted by molar-refractivity contribution is 0.416. The molecule has 4 heteroatoms.